The van der Waals surface area contributed by atoms with Crippen LogP contribution in [0.1, 0.15) is 24.2 Å². The summed E-state index contributed by atoms with van der Waals surface area (Å²) in [6, 6.07) is 8.49. The Kier molecular flexibility index (Phi) is 8.20. The summed E-state index contributed by atoms with van der Waals surface area (Å²) in [5.41, 5.74) is 0.184. The Morgan fingerprint density at radius 1 is 1.03 bits per heavy atom. The number of nitrogens with zero attached hydrogens (tertiary/aromatic N) is 1. The van der Waals surface area contributed by atoms with E-state index in [1.807, 2.05) is 13.8 Å². The number of sulfone groups is 1. The zero-order chi connectivity index (χ0) is 23.0. The molecule has 0 spiro atoms. The molecule has 0 bridgehead atoms. The molecule has 0 aromatic heterocycles. The van der Waals surface area contributed by atoms with Crippen LogP contribution in [0.3, 0.4) is 0 Å². The van der Waals surface area contributed by atoms with Gasteiger partial charge in [0.1, 0.15) is 5.69 Å². The first kappa shape index (κ1) is 23.9. The molecule has 1 amide bonds. The van der Waals surface area contributed by atoms with E-state index in [0.29, 0.717) is 30.3 Å². The monoisotopic (exact) mass is 451 g/mol. The lowest BCUT2D eigenvalue weighted by atomic mass is 10.2. The molecule has 10 nitrogen and oxygen atoms in total. The van der Waals surface area contributed by atoms with E-state index in [1.54, 1.807) is 18.2 Å². The second-order valence-corrected chi connectivity index (χ2v) is 8.43. The van der Waals surface area contributed by atoms with Crippen molar-refractivity contribution in [3.63, 3.8) is 0 Å². The molecule has 2 rings (SSSR count). The van der Waals surface area contributed by atoms with Gasteiger partial charge >= 0.3 is 0 Å². The van der Waals surface area contributed by atoms with E-state index in [9.17, 15) is 23.3 Å². The minimum atomic E-state index is -3.57. The summed E-state index contributed by atoms with van der Waals surface area (Å²) in [4.78, 5) is 22.9. The summed E-state index contributed by atoms with van der Waals surface area (Å²) in [6.45, 7) is 4.94. The highest BCUT2D eigenvalue weighted by molar-refractivity contribution is 7.90. The Bertz CT molecular complexity index is 1050. The van der Waals surface area contributed by atoms with Crippen molar-refractivity contribution < 1.29 is 27.6 Å². The van der Waals surface area contributed by atoms with E-state index < -0.39 is 14.8 Å². The van der Waals surface area contributed by atoms with Crippen molar-refractivity contribution >= 4 is 27.1 Å². The van der Waals surface area contributed by atoms with Gasteiger partial charge in [0.05, 0.1) is 23.0 Å². The quantitative estimate of drug-likeness (QED) is 0.302. The number of nitro groups is 1. The molecule has 0 saturated heterocycles. The molecule has 2 N–H and O–H groups in total. The third-order valence-corrected chi connectivity index (χ3v) is 5.24. The molecule has 0 saturated carbocycles. The first-order chi connectivity index (χ1) is 14.7. The number of nitrogens with one attached hydrogen (secondary N) is 2. The van der Waals surface area contributed by atoms with Crippen molar-refractivity contribution in [2.24, 2.45) is 0 Å². The van der Waals surface area contributed by atoms with E-state index in [2.05, 4.69) is 10.6 Å². The molecule has 2 aromatic carbocycles. The number of amides is 1. The summed E-state index contributed by atoms with van der Waals surface area (Å²) < 4.78 is 34.2. The number of rotatable bonds is 11. The van der Waals surface area contributed by atoms with Gasteiger partial charge < -0.3 is 20.1 Å². The van der Waals surface area contributed by atoms with Crippen LogP contribution in [-0.2, 0) is 9.84 Å². The molecule has 0 heterocycles. The highest BCUT2D eigenvalue weighted by Crippen LogP contribution is 2.29. The minimum Gasteiger partial charge on any atom is -0.490 e. The lowest BCUT2D eigenvalue weighted by molar-refractivity contribution is -0.384. The molecule has 2 aromatic rings. The Balaban J connectivity index is 2.00. The van der Waals surface area contributed by atoms with Crippen LogP contribution >= 0.6 is 0 Å². The molecule has 0 atom stereocenters. The molecular weight excluding hydrogens is 426 g/mol. The zero-order valence-corrected chi connectivity index (χ0v) is 18.3. The Morgan fingerprint density at radius 3 is 2.32 bits per heavy atom. The highest BCUT2D eigenvalue weighted by atomic mass is 32.2. The summed E-state index contributed by atoms with van der Waals surface area (Å²) in [5.74, 6) is 0.678. The maximum absolute atomic E-state index is 12.4. The van der Waals surface area contributed by atoms with Crippen LogP contribution in [0, 0.1) is 10.1 Å². The molecular formula is C20H25N3O7S. The van der Waals surface area contributed by atoms with Gasteiger partial charge in [0.2, 0.25) is 0 Å². The average molecular weight is 452 g/mol. The van der Waals surface area contributed by atoms with Crippen LogP contribution in [0.15, 0.2) is 41.3 Å². The van der Waals surface area contributed by atoms with Crippen LogP contribution in [0.25, 0.3) is 0 Å². The number of ether oxygens (including phenoxy) is 2. The third kappa shape index (κ3) is 6.57. The predicted octanol–water partition coefficient (Wildman–Crippen LogP) is 2.64. The third-order valence-electron chi connectivity index (χ3n) is 4.13. The second kappa shape index (κ2) is 10.6. The second-order valence-electron chi connectivity index (χ2n) is 6.42. The lowest BCUT2D eigenvalue weighted by Gasteiger charge is -2.13. The van der Waals surface area contributed by atoms with Crippen molar-refractivity contribution in [2.45, 2.75) is 18.7 Å². The molecule has 0 aliphatic heterocycles. The van der Waals surface area contributed by atoms with Gasteiger partial charge in [-0.1, -0.05) is 0 Å². The highest BCUT2D eigenvalue weighted by Gasteiger charge is 2.18. The van der Waals surface area contributed by atoms with Crippen LogP contribution in [-0.4, -0.2) is 51.8 Å². The first-order valence-corrected chi connectivity index (χ1v) is 11.5. The molecule has 0 radical (unpaired) electrons. The number of hydrogen-bond donors (Lipinski definition) is 2. The first-order valence-electron chi connectivity index (χ1n) is 9.57. The molecule has 0 aliphatic rings. The molecule has 168 valence electrons. The minimum absolute atomic E-state index is 0.140. The molecule has 0 aliphatic carbocycles. The van der Waals surface area contributed by atoms with E-state index >= 15 is 0 Å². The fraction of sp³-hybridized carbons (Fsp3) is 0.350. The van der Waals surface area contributed by atoms with Crippen LogP contribution in [0.4, 0.5) is 11.4 Å². The molecule has 11 heteroatoms. The summed E-state index contributed by atoms with van der Waals surface area (Å²) in [5, 5.41) is 16.8. The van der Waals surface area contributed by atoms with Crippen LogP contribution in [0.5, 0.6) is 11.5 Å². The maximum atomic E-state index is 12.4. The van der Waals surface area contributed by atoms with Crippen molar-refractivity contribution in [1.29, 1.82) is 0 Å². The average Bonchev–Trinajstić information content (AvgIpc) is 2.71. The molecule has 0 unspecified atom stereocenters. The summed E-state index contributed by atoms with van der Waals surface area (Å²) >= 11 is 0. The topological polar surface area (TPSA) is 137 Å². The number of carbonyl (C=O) groups excluding carboxylic acids is 1. The standard InChI is InChI=1S/C20H25N3O7S/c1-4-29-18-9-6-14(12-19(18)30-5-2)20(24)22-11-10-21-16-8-7-15(31(3,27)28)13-17(16)23(25)26/h6-9,12-13,21H,4-5,10-11H2,1-3H3,(H,22,24). The fourth-order valence-electron chi connectivity index (χ4n) is 2.71. The van der Waals surface area contributed by atoms with Crippen LogP contribution < -0.4 is 20.1 Å². The Labute approximate surface area is 180 Å². The van der Waals surface area contributed by atoms with Crippen molar-refractivity contribution in [2.75, 3.05) is 37.9 Å². The number of nitro benzene ring substituents is 1. The summed E-state index contributed by atoms with van der Waals surface area (Å²) in [6.07, 6.45) is 0.979. The van der Waals surface area contributed by atoms with E-state index in [1.165, 1.54) is 12.1 Å². The number of carbonyl (C=O) groups is 1. The normalized spacial score (nSPS) is 10.9. The molecule has 0 fully saturated rings. The fourth-order valence-corrected chi connectivity index (χ4v) is 3.35. The SMILES string of the molecule is CCOc1ccc(C(=O)NCCNc2ccc(S(C)(=O)=O)cc2[N+](=O)[O-])cc1OCC. The smallest absolute Gasteiger partial charge is 0.293 e. The number of benzene rings is 2. The summed E-state index contributed by atoms with van der Waals surface area (Å²) in [7, 11) is -3.57. The lowest BCUT2D eigenvalue weighted by Crippen LogP contribution is -2.28. The maximum Gasteiger partial charge on any atom is 0.293 e. The Hall–Kier alpha value is -3.34. The van der Waals surface area contributed by atoms with Crippen molar-refractivity contribution in [3.8, 4) is 11.5 Å². The van der Waals surface area contributed by atoms with Gasteiger partial charge in [-0.3, -0.25) is 14.9 Å². The van der Waals surface area contributed by atoms with Gasteiger partial charge in [0.15, 0.2) is 21.3 Å². The van der Waals surface area contributed by atoms with E-state index in [4.69, 9.17) is 9.47 Å². The molecule has 31 heavy (non-hydrogen) atoms. The largest absolute Gasteiger partial charge is 0.490 e. The van der Waals surface area contributed by atoms with Gasteiger partial charge in [-0.2, -0.15) is 0 Å². The van der Waals surface area contributed by atoms with Crippen molar-refractivity contribution in [1.82, 2.24) is 5.32 Å². The van der Waals surface area contributed by atoms with Gasteiger partial charge in [0, 0.05) is 31.0 Å². The predicted molar refractivity (Wildman–Crippen MR) is 116 cm³/mol. The zero-order valence-electron chi connectivity index (χ0n) is 17.5. The van der Waals surface area contributed by atoms with Gasteiger partial charge in [-0.25, -0.2) is 8.42 Å². The number of hydrogen-bond acceptors (Lipinski definition) is 8. The number of anilines is 1. The van der Waals surface area contributed by atoms with Gasteiger partial charge in [0.25, 0.3) is 11.6 Å². The van der Waals surface area contributed by atoms with Crippen LogP contribution in [0.2, 0.25) is 0 Å². The Morgan fingerprint density at radius 2 is 1.71 bits per heavy atom. The van der Waals surface area contributed by atoms with Gasteiger partial charge in [-0.15, -0.1) is 0 Å². The van der Waals surface area contributed by atoms with Crippen molar-refractivity contribution in [3.05, 3.63) is 52.1 Å². The van der Waals surface area contributed by atoms with Gasteiger partial charge in [-0.05, 0) is 44.2 Å². The van der Waals surface area contributed by atoms with E-state index in [-0.39, 0.29) is 35.3 Å². The van der Waals surface area contributed by atoms with E-state index in [0.717, 1.165) is 12.3 Å².